The summed E-state index contributed by atoms with van der Waals surface area (Å²) in [6.45, 7) is 2.24. The van der Waals surface area contributed by atoms with Gasteiger partial charge in [0.25, 0.3) is 5.79 Å². The van der Waals surface area contributed by atoms with E-state index in [0.717, 1.165) is 6.07 Å². The number of pyridine rings is 1. The Morgan fingerprint density at radius 2 is 1.89 bits per heavy atom. The summed E-state index contributed by atoms with van der Waals surface area (Å²) >= 11 is 7.50. The van der Waals surface area contributed by atoms with Gasteiger partial charge in [-0.05, 0) is 36.2 Å². The van der Waals surface area contributed by atoms with Crippen molar-refractivity contribution in [2.45, 2.75) is 16.9 Å². The van der Waals surface area contributed by atoms with Gasteiger partial charge in [0.1, 0.15) is 0 Å². The van der Waals surface area contributed by atoms with Crippen LogP contribution in [0.3, 0.4) is 0 Å². The van der Waals surface area contributed by atoms with Crippen LogP contribution in [-0.2, 0) is 10.5 Å². The third kappa shape index (κ3) is 5.17. The summed E-state index contributed by atoms with van der Waals surface area (Å²) in [5.74, 6) is -6.16. The Hall–Kier alpha value is -2.61. The van der Waals surface area contributed by atoms with Gasteiger partial charge in [0.15, 0.2) is 0 Å². The van der Waals surface area contributed by atoms with Crippen LogP contribution in [0.2, 0.25) is 5.02 Å². The van der Waals surface area contributed by atoms with Gasteiger partial charge in [-0.2, -0.15) is 13.2 Å². The molecule has 0 bridgehead atoms. The van der Waals surface area contributed by atoms with E-state index in [1.54, 1.807) is 24.4 Å². The van der Waals surface area contributed by atoms with E-state index in [4.69, 9.17) is 16.3 Å². The Morgan fingerprint density at radius 1 is 1.17 bits per heavy atom. The first-order chi connectivity index (χ1) is 16.5. The van der Waals surface area contributed by atoms with Crippen molar-refractivity contribution in [2.24, 2.45) is 0 Å². The lowest BCUT2D eigenvalue weighted by molar-refractivity contribution is -0.358. The number of morpholine rings is 1. The zero-order chi connectivity index (χ0) is 25.4. The third-order valence-corrected chi connectivity index (χ3v) is 6.67. The van der Waals surface area contributed by atoms with Crippen LogP contribution in [0.25, 0.3) is 10.9 Å². The molecule has 1 fully saturated rings. The number of carboxylic acids is 1. The van der Waals surface area contributed by atoms with Crippen LogP contribution in [0.4, 0.5) is 24.5 Å². The first-order valence-corrected chi connectivity index (χ1v) is 11.4. The van der Waals surface area contributed by atoms with Gasteiger partial charge in [-0.25, -0.2) is 9.10 Å². The molecule has 35 heavy (non-hydrogen) atoms. The number of nitrogens with zero attached hydrogens (tertiary/aromatic N) is 2. The van der Waals surface area contributed by atoms with Gasteiger partial charge in [0.05, 0.1) is 40.6 Å². The van der Waals surface area contributed by atoms with Gasteiger partial charge in [-0.1, -0.05) is 23.7 Å². The smallest absolute Gasteiger partial charge is 0.447 e. The maximum Gasteiger partial charge on any atom is 0.447 e. The molecule has 186 valence electrons. The Morgan fingerprint density at radius 3 is 2.54 bits per heavy atom. The Balaban J connectivity index is 1.87. The number of aromatic carboxylic acids is 1. The van der Waals surface area contributed by atoms with Gasteiger partial charge in [0.2, 0.25) is 0 Å². The van der Waals surface area contributed by atoms with Crippen molar-refractivity contribution in [3.8, 4) is 0 Å². The Kier molecular flexibility index (Phi) is 7.13. The monoisotopic (exact) mass is 529 g/mol. The lowest BCUT2D eigenvalue weighted by Gasteiger charge is -2.28. The molecule has 1 aliphatic heterocycles. The second kappa shape index (κ2) is 9.80. The topological polar surface area (TPSA) is 115 Å². The minimum atomic E-state index is -5.54. The lowest BCUT2D eigenvalue weighted by atomic mass is 9.97. The van der Waals surface area contributed by atoms with Crippen molar-refractivity contribution in [3.05, 3.63) is 58.7 Å². The summed E-state index contributed by atoms with van der Waals surface area (Å²) in [5.41, 5.74) is -1.58. The molecule has 3 aromatic rings. The molecule has 0 aliphatic carbocycles. The molecule has 8 nitrogen and oxygen atoms in total. The average Bonchev–Trinajstić information content (AvgIpc) is 2.80. The summed E-state index contributed by atoms with van der Waals surface area (Å²) in [7, 11) is 0. The summed E-state index contributed by atoms with van der Waals surface area (Å²) in [6.07, 6.45) is -3.98. The number of hydrogen-bond acceptors (Lipinski definition) is 8. The van der Waals surface area contributed by atoms with E-state index >= 15 is 0 Å². The fourth-order valence-electron chi connectivity index (χ4n) is 3.59. The molecule has 2 aromatic carbocycles. The largest absolute Gasteiger partial charge is 0.478 e. The average molecular weight is 530 g/mol. The number of nitrogens with one attached hydrogen (secondary N) is 1. The molecule has 1 saturated heterocycles. The fourth-order valence-corrected chi connectivity index (χ4v) is 4.72. The first-order valence-electron chi connectivity index (χ1n) is 10.2. The molecule has 4 rings (SSSR count). The van der Waals surface area contributed by atoms with Gasteiger partial charge in [0, 0.05) is 35.3 Å². The van der Waals surface area contributed by atoms with Crippen LogP contribution in [0.1, 0.15) is 15.9 Å². The van der Waals surface area contributed by atoms with E-state index in [9.17, 15) is 33.3 Å². The number of anilines is 2. The maximum atomic E-state index is 13.3. The van der Waals surface area contributed by atoms with E-state index < -0.39 is 29.1 Å². The number of carbonyl (C=O) groups is 1. The Labute approximate surface area is 206 Å². The molecule has 0 amide bonds. The SMILES string of the molecule is O=C(O)c1c(Nc2c(SN3CCOCC3)cnc3ccc(Cl)cc23)cccc1C(O)(O)C(F)(F)F. The fraction of sp³-hybridized carbons (Fsp3) is 0.273. The maximum absolute atomic E-state index is 13.3. The number of benzene rings is 2. The molecule has 2 heterocycles. The van der Waals surface area contributed by atoms with E-state index in [1.807, 2.05) is 4.31 Å². The van der Waals surface area contributed by atoms with Crippen molar-refractivity contribution in [1.82, 2.24) is 9.29 Å². The number of ether oxygens (including phenoxy) is 1. The standard InChI is InChI=1S/C22H19ClF3N3O5S/c23-12-4-5-15-13(10-12)19(17(11-27-15)35-29-6-8-34-9-7-29)28-16-3-1-2-14(18(16)20(30)31)21(32,33)22(24,25)26/h1-5,10-11,32-33H,6-9H2,(H,27,28)(H,30,31). The van der Waals surface area contributed by atoms with Gasteiger partial charge >= 0.3 is 12.1 Å². The van der Waals surface area contributed by atoms with Crippen LogP contribution >= 0.6 is 23.5 Å². The van der Waals surface area contributed by atoms with E-state index in [2.05, 4.69) is 10.3 Å². The molecule has 0 atom stereocenters. The molecule has 0 radical (unpaired) electrons. The highest BCUT2D eigenvalue weighted by atomic mass is 35.5. The van der Waals surface area contributed by atoms with Crippen molar-refractivity contribution >= 4 is 51.8 Å². The predicted octanol–water partition coefficient (Wildman–Crippen LogP) is 4.37. The zero-order valence-electron chi connectivity index (χ0n) is 17.8. The van der Waals surface area contributed by atoms with E-state index in [1.165, 1.54) is 18.0 Å². The van der Waals surface area contributed by atoms with Crippen molar-refractivity contribution in [2.75, 3.05) is 31.6 Å². The number of hydrogen-bond donors (Lipinski definition) is 4. The summed E-state index contributed by atoms with van der Waals surface area (Å²) in [5, 5.41) is 33.1. The third-order valence-electron chi connectivity index (χ3n) is 5.30. The molecule has 0 saturated carbocycles. The molecule has 1 aromatic heterocycles. The highest BCUT2D eigenvalue weighted by Crippen LogP contribution is 2.42. The minimum Gasteiger partial charge on any atom is -0.478 e. The number of aliphatic hydroxyl groups is 2. The molecule has 1 aliphatic rings. The zero-order valence-corrected chi connectivity index (χ0v) is 19.4. The van der Waals surface area contributed by atoms with Crippen molar-refractivity contribution in [3.63, 3.8) is 0 Å². The van der Waals surface area contributed by atoms with Crippen LogP contribution in [0.15, 0.2) is 47.5 Å². The van der Waals surface area contributed by atoms with Crippen LogP contribution in [0, 0.1) is 0 Å². The minimum absolute atomic E-state index is 0.275. The van der Waals surface area contributed by atoms with E-state index in [0.29, 0.717) is 58.9 Å². The molecule has 13 heteroatoms. The summed E-state index contributed by atoms with van der Waals surface area (Å²) < 4.78 is 47.4. The number of halogens is 4. The molecule has 0 spiro atoms. The predicted molar refractivity (Wildman–Crippen MR) is 124 cm³/mol. The second-order valence-electron chi connectivity index (χ2n) is 7.62. The van der Waals surface area contributed by atoms with Crippen LogP contribution in [0.5, 0.6) is 0 Å². The quantitative estimate of drug-likeness (QED) is 0.273. The number of alkyl halides is 3. The van der Waals surface area contributed by atoms with Gasteiger partial charge < -0.3 is 25.4 Å². The van der Waals surface area contributed by atoms with Gasteiger partial charge in [-0.3, -0.25) is 4.98 Å². The normalized spacial score (nSPS) is 15.4. The first kappa shape index (κ1) is 25.5. The lowest BCUT2D eigenvalue weighted by Crippen LogP contribution is -2.43. The molecule has 4 N–H and O–H groups in total. The Bertz CT molecular complexity index is 1270. The van der Waals surface area contributed by atoms with Crippen molar-refractivity contribution < 1.29 is 38.0 Å². The number of rotatable bonds is 6. The van der Waals surface area contributed by atoms with E-state index in [-0.39, 0.29) is 5.69 Å². The molecular formula is C22H19ClF3N3O5S. The number of fused-ring (bicyclic) bond motifs is 1. The molecular weight excluding hydrogens is 511 g/mol. The highest BCUT2D eigenvalue weighted by molar-refractivity contribution is 7.97. The molecule has 0 unspecified atom stereocenters. The summed E-state index contributed by atoms with van der Waals surface area (Å²) in [4.78, 5) is 17.0. The van der Waals surface area contributed by atoms with Crippen molar-refractivity contribution in [1.29, 1.82) is 0 Å². The van der Waals surface area contributed by atoms with Crippen LogP contribution < -0.4 is 5.32 Å². The highest BCUT2D eigenvalue weighted by Gasteiger charge is 2.56. The second-order valence-corrected chi connectivity index (χ2v) is 9.20. The van der Waals surface area contributed by atoms with Crippen LogP contribution in [-0.4, -0.2) is 63.1 Å². The summed E-state index contributed by atoms with van der Waals surface area (Å²) in [6, 6.07) is 7.90. The van der Waals surface area contributed by atoms with Gasteiger partial charge in [-0.15, -0.1) is 0 Å². The number of aromatic nitrogens is 1. The number of carboxylic acid groups (broad SMARTS) is 1.